The quantitative estimate of drug-likeness (QED) is 0.644. The van der Waals surface area contributed by atoms with E-state index in [-0.39, 0.29) is 5.38 Å². The molecule has 0 bridgehead atoms. The first-order chi connectivity index (χ1) is 8.13. The summed E-state index contributed by atoms with van der Waals surface area (Å²) >= 11 is 14.6. The highest BCUT2D eigenvalue weighted by atomic mass is 35.5. The zero-order valence-corrected chi connectivity index (χ0v) is 12.2. The first kappa shape index (κ1) is 12.9. The molecule has 2 rings (SSSR count). The van der Waals surface area contributed by atoms with Crippen LogP contribution in [-0.2, 0) is 6.42 Å². The van der Waals surface area contributed by atoms with Gasteiger partial charge in [-0.2, -0.15) is 0 Å². The Hall–Kier alpha value is -0.500. The average Bonchev–Trinajstić information content (AvgIpc) is 2.80. The van der Waals surface area contributed by atoms with E-state index >= 15 is 0 Å². The van der Waals surface area contributed by atoms with Crippen molar-refractivity contribution in [2.75, 3.05) is 0 Å². The predicted octanol–water partition coefficient (Wildman–Crippen LogP) is 5.60. The molecule has 1 atom stereocenters. The number of halogens is 2. The topological polar surface area (TPSA) is 0 Å². The molecule has 1 unspecified atom stereocenters. The van der Waals surface area contributed by atoms with Gasteiger partial charge in [0.1, 0.15) is 0 Å². The molecule has 0 nitrogen and oxygen atoms in total. The molecule has 0 fully saturated rings. The van der Waals surface area contributed by atoms with Crippen LogP contribution >= 0.6 is 34.5 Å². The normalized spacial score (nSPS) is 12.7. The molecule has 1 aromatic heterocycles. The van der Waals surface area contributed by atoms with Crippen LogP contribution < -0.4 is 0 Å². The van der Waals surface area contributed by atoms with E-state index < -0.39 is 0 Å². The molecular formula is C14H14Cl2S. The highest BCUT2D eigenvalue weighted by molar-refractivity contribution is 7.12. The summed E-state index contributed by atoms with van der Waals surface area (Å²) in [5, 5.41) is 0.631. The van der Waals surface area contributed by atoms with Crippen molar-refractivity contribution in [3.05, 3.63) is 56.2 Å². The largest absolute Gasteiger partial charge is 0.143 e. The number of rotatable bonds is 3. The molecular weight excluding hydrogens is 271 g/mol. The Balaban J connectivity index is 2.36. The van der Waals surface area contributed by atoms with E-state index in [1.165, 1.54) is 4.88 Å². The van der Waals surface area contributed by atoms with Crippen molar-refractivity contribution in [1.29, 1.82) is 0 Å². The molecule has 90 valence electrons. The summed E-state index contributed by atoms with van der Waals surface area (Å²) in [5.41, 5.74) is 2.07. The third kappa shape index (κ3) is 2.67. The predicted molar refractivity (Wildman–Crippen MR) is 77.6 cm³/mol. The zero-order valence-electron chi connectivity index (χ0n) is 9.84. The van der Waals surface area contributed by atoms with Crippen LogP contribution in [0, 0.1) is 6.92 Å². The minimum absolute atomic E-state index is 0.146. The van der Waals surface area contributed by atoms with Crippen molar-refractivity contribution in [2.45, 2.75) is 25.6 Å². The van der Waals surface area contributed by atoms with E-state index in [2.05, 4.69) is 19.1 Å². The van der Waals surface area contributed by atoms with Gasteiger partial charge in [0.25, 0.3) is 0 Å². The summed E-state index contributed by atoms with van der Waals surface area (Å²) < 4.78 is 0. The van der Waals surface area contributed by atoms with Gasteiger partial charge in [0.15, 0.2) is 0 Å². The molecule has 2 aromatic rings. The Bertz CT molecular complexity index is 517. The lowest BCUT2D eigenvalue weighted by atomic mass is 10.1. The van der Waals surface area contributed by atoms with Gasteiger partial charge in [0.05, 0.1) is 5.38 Å². The fourth-order valence-electron chi connectivity index (χ4n) is 1.74. The Labute approximate surface area is 116 Å². The van der Waals surface area contributed by atoms with E-state index in [4.69, 9.17) is 23.2 Å². The van der Waals surface area contributed by atoms with Gasteiger partial charge >= 0.3 is 0 Å². The van der Waals surface area contributed by atoms with E-state index in [1.54, 1.807) is 11.3 Å². The molecule has 0 amide bonds. The second kappa shape index (κ2) is 5.43. The highest BCUT2D eigenvalue weighted by Crippen LogP contribution is 2.38. The third-order valence-corrected chi connectivity index (χ3v) is 5.19. The molecule has 3 heteroatoms. The van der Waals surface area contributed by atoms with Crippen molar-refractivity contribution >= 4 is 34.5 Å². The molecule has 1 heterocycles. The minimum atomic E-state index is -0.146. The first-order valence-electron chi connectivity index (χ1n) is 5.61. The monoisotopic (exact) mass is 284 g/mol. The van der Waals surface area contributed by atoms with Gasteiger partial charge in [-0.05, 0) is 36.6 Å². The van der Waals surface area contributed by atoms with E-state index in [0.29, 0.717) is 0 Å². The molecule has 0 spiro atoms. The number of aryl methyl sites for hydroxylation is 2. The standard InChI is InChI=1S/C14H14Cl2S/c1-3-10-7-8-12(17-10)14(16)11-6-4-5-9(2)13(11)15/h4-8,14H,3H2,1-2H3. The Morgan fingerprint density at radius 2 is 2.00 bits per heavy atom. The second-order valence-electron chi connectivity index (χ2n) is 4.00. The fourth-order valence-corrected chi connectivity index (χ4v) is 3.37. The third-order valence-electron chi connectivity index (χ3n) is 2.78. The number of alkyl halides is 1. The number of hydrogen-bond donors (Lipinski definition) is 0. The van der Waals surface area contributed by atoms with Crippen molar-refractivity contribution in [2.24, 2.45) is 0 Å². The maximum atomic E-state index is 6.51. The summed E-state index contributed by atoms with van der Waals surface area (Å²) in [6.07, 6.45) is 1.05. The van der Waals surface area contributed by atoms with Crippen LogP contribution in [0.15, 0.2) is 30.3 Å². The molecule has 0 aliphatic carbocycles. The summed E-state index contributed by atoms with van der Waals surface area (Å²) in [6.45, 7) is 4.15. The SMILES string of the molecule is CCc1ccc(C(Cl)c2cccc(C)c2Cl)s1. The molecule has 0 aliphatic rings. The van der Waals surface area contributed by atoms with Gasteiger partial charge in [0, 0.05) is 14.8 Å². The maximum Gasteiger partial charge on any atom is 0.0942 e. The van der Waals surface area contributed by atoms with E-state index in [0.717, 1.165) is 27.4 Å². The van der Waals surface area contributed by atoms with Crippen LogP contribution in [0.1, 0.15) is 33.2 Å². The van der Waals surface area contributed by atoms with Gasteiger partial charge in [0.2, 0.25) is 0 Å². The van der Waals surface area contributed by atoms with Gasteiger partial charge in [-0.3, -0.25) is 0 Å². The first-order valence-corrected chi connectivity index (χ1v) is 7.24. The molecule has 0 N–H and O–H groups in total. The summed E-state index contributed by atoms with van der Waals surface area (Å²) in [6, 6.07) is 10.2. The molecule has 17 heavy (non-hydrogen) atoms. The smallest absolute Gasteiger partial charge is 0.0942 e. The van der Waals surface area contributed by atoms with Crippen LogP contribution in [0.5, 0.6) is 0 Å². The van der Waals surface area contributed by atoms with Gasteiger partial charge in [-0.15, -0.1) is 22.9 Å². The van der Waals surface area contributed by atoms with Crippen molar-refractivity contribution in [3.63, 3.8) is 0 Å². The Morgan fingerprint density at radius 1 is 1.24 bits per heavy atom. The molecule has 1 aromatic carbocycles. The van der Waals surface area contributed by atoms with Crippen LogP contribution in [0.3, 0.4) is 0 Å². The van der Waals surface area contributed by atoms with Crippen LogP contribution in [0.25, 0.3) is 0 Å². The van der Waals surface area contributed by atoms with Crippen LogP contribution in [0.4, 0.5) is 0 Å². The van der Waals surface area contributed by atoms with E-state index in [9.17, 15) is 0 Å². The minimum Gasteiger partial charge on any atom is -0.143 e. The Morgan fingerprint density at radius 3 is 2.65 bits per heavy atom. The molecule has 0 saturated carbocycles. The highest BCUT2D eigenvalue weighted by Gasteiger charge is 2.16. The van der Waals surface area contributed by atoms with Crippen molar-refractivity contribution < 1.29 is 0 Å². The fraction of sp³-hybridized carbons (Fsp3) is 0.286. The van der Waals surface area contributed by atoms with Gasteiger partial charge in [-0.25, -0.2) is 0 Å². The van der Waals surface area contributed by atoms with Crippen molar-refractivity contribution in [3.8, 4) is 0 Å². The molecule has 0 aliphatic heterocycles. The summed E-state index contributed by atoms with van der Waals surface area (Å²) in [7, 11) is 0. The van der Waals surface area contributed by atoms with Crippen LogP contribution in [-0.4, -0.2) is 0 Å². The Kier molecular flexibility index (Phi) is 4.13. The lowest BCUT2D eigenvalue weighted by Crippen LogP contribution is -1.92. The summed E-state index contributed by atoms with van der Waals surface area (Å²) in [4.78, 5) is 2.52. The number of hydrogen-bond acceptors (Lipinski definition) is 1. The maximum absolute atomic E-state index is 6.51. The number of thiophene rings is 1. The van der Waals surface area contributed by atoms with E-state index in [1.807, 2.05) is 25.1 Å². The van der Waals surface area contributed by atoms with Crippen LogP contribution in [0.2, 0.25) is 5.02 Å². The molecule has 0 saturated heterocycles. The van der Waals surface area contributed by atoms with Gasteiger partial charge < -0.3 is 0 Å². The average molecular weight is 285 g/mol. The lowest BCUT2D eigenvalue weighted by Gasteiger charge is -2.11. The second-order valence-corrected chi connectivity index (χ2v) is 6.01. The number of benzene rings is 1. The molecule has 0 radical (unpaired) electrons. The van der Waals surface area contributed by atoms with Gasteiger partial charge in [-0.1, -0.05) is 36.7 Å². The zero-order chi connectivity index (χ0) is 12.4. The summed E-state index contributed by atoms with van der Waals surface area (Å²) in [5.74, 6) is 0. The lowest BCUT2D eigenvalue weighted by molar-refractivity contribution is 1.17. The van der Waals surface area contributed by atoms with Crippen molar-refractivity contribution in [1.82, 2.24) is 0 Å².